The number of carbonyl (C=O) groups is 2. The van der Waals surface area contributed by atoms with Crippen LogP contribution in [-0.2, 0) is 0 Å². The standard InChI is InChI=1S/C23H24ClFN4O2/c1-13-10-26-11-19(27-13)21(31)29-23-8-14-4-15(9-23)7-22(6-14,12-23)28-20(30)17-5-16(24)2-3-18(17)25/h2-3,5,10-11,14-15H,4,6-9,12H2,1H3,(H,28,30)(H,29,31). The van der Waals surface area contributed by atoms with Gasteiger partial charge in [0.25, 0.3) is 11.8 Å². The van der Waals surface area contributed by atoms with Gasteiger partial charge in [-0.2, -0.15) is 0 Å². The van der Waals surface area contributed by atoms with E-state index in [1.165, 1.54) is 24.4 Å². The molecule has 6 rings (SSSR count). The maximum absolute atomic E-state index is 14.3. The summed E-state index contributed by atoms with van der Waals surface area (Å²) in [7, 11) is 0. The third-order valence-electron chi connectivity index (χ3n) is 6.98. The Labute approximate surface area is 185 Å². The molecule has 4 bridgehead atoms. The summed E-state index contributed by atoms with van der Waals surface area (Å²) in [4.78, 5) is 34.3. The van der Waals surface area contributed by atoms with Crippen LogP contribution >= 0.6 is 11.6 Å². The fraction of sp³-hybridized carbons (Fsp3) is 0.478. The number of nitrogens with one attached hydrogen (secondary N) is 2. The lowest BCUT2D eigenvalue weighted by atomic mass is 9.49. The Morgan fingerprint density at radius 3 is 2.35 bits per heavy atom. The molecule has 2 aromatic rings. The fourth-order valence-corrected chi connectivity index (χ4v) is 6.58. The number of aromatic nitrogens is 2. The van der Waals surface area contributed by atoms with Gasteiger partial charge in [0.15, 0.2) is 0 Å². The van der Waals surface area contributed by atoms with Crippen LogP contribution in [0.25, 0.3) is 0 Å². The van der Waals surface area contributed by atoms with Gasteiger partial charge in [-0.1, -0.05) is 11.6 Å². The van der Waals surface area contributed by atoms with Crippen LogP contribution in [0.1, 0.15) is 65.1 Å². The Morgan fingerprint density at radius 1 is 1.06 bits per heavy atom. The van der Waals surface area contributed by atoms with E-state index in [9.17, 15) is 14.0 Å². The van der Waals surface area contributed by atoms with Gasteiger partial charge in [-0.05, 0) is 75.5 Å². The molecule has 1 aromatic carbocycles. The van der Waals surface area contributed by atoms with Gasteiger partial charge >= 0.3 is 0 Å². The summed E-state index contributed by atoms with van der Waals surface area (Å²) in [5, 5.41) is 6.70. The van der Waals surface area contributed by atoms with Gasteiger partial charge in [-0.15, -0.1) is 0 Å². The highest BCUT2D eigenvalue weighted by molar-refractivity contribution is 6.31. The van der Waals surface area contributed by atoms with Gasteiger partial charge < -0.3 is 10.6 Å². The number of benzene rings is 1. The molecule has 4 fully saturated rings. The lowest BCUT2D eigenvalue weighted by Crippen LogP contribution is -2.70. The molecule has 2 atom stereocenters. The monoisotopic (exact) mass is 442 g/mol. The molecule has 1 aromatic heterocycles. The Bertz CT molecular complexity index is 1060. The van der Waals surface area contributed by atoms with E-state index in [4.69, 9.17) is 11.6 Å². The highest BCUT2D eigenvalue weighted by Gasteiger charge is 2.58. The summed E-state index contributed by atoms with van der Waals surface area (Å²) < 4.78 is 14.3. The summed E-state index contributed by atoms with van der Waals surface area (Å²) in [5.74, 6) is -0.453. The van der Waals surface area contributed by atoms with E-state index in [-0.39, 0.29) is 11.5 Å². The van der Waals surface area contributed by atoms with Crippen molar-refractivity contribution in [1.82, 2.24) is 20.6 Å². The van der Waals surface area contributed by atoms with Crippen LogP contribution in [-0.4, -0.2) is 32.9 Å². The van der Waals surface area contributed by atoms with E-state index < -0.39 is 22.8 Å². The molecule has 1 heterocycles. The second-order valence-electron chi connectivity index (χ2n) is 9.60. The van der Waals surface area contributed by atoms with Crippen LogP contribution in [0.5, 0.6) is 0 Å². The predicted octanol–water partition coefficient (Wildman–Crippen LogP) is 3.83. The van der Waals surface area contributed by atoms with E-state index >= 15 is 0 Å². The number of hydrogen-bond acceptors (Lipinski definition) is 4. The van der Waals surface area contributed by atoms with Crippen molar-refractivity contribution in [2.75, 3.05) is 0 Å². The lowest BCUT2D eigenvalue weighted by molar-refractivity contribution is -0.0448. The summed E-state index contributed by atoms with van der Waals surface area (Å²) in [6.45, 7) is 1.80. The van der Waals surface area contributed by atoms with Crippen molar-refractivity contribution in [1.29, 1.82) is 0 Å². The molecule has 8 heteroatoms. The molecule has 31 heavy (non-hydrogen) atoms. The first kappa shape index (κ1) is 20.4. The van der Waals surface area contributed by atoms with E-state index in [0.717, 1.165) is 32.1 Å². The molecular weight excluding hydrogens is 419 g/mol. The molecule has 4 aliphatic rings. The molecule has 0 spiro atoms. The highest BCUT2D eigenvalue weighted by atomic mass is 35.5. The van der Waals surface area contributed by atoms with Crippen molar-refractivity contribution < 1.29 is 14.0 Å². The van der Waals surface area contributed by atoms with Gasteiger partial charge in [0.05, 0.1) is 17.5 Å². The Morgan fingerprint density at radius 2 is 1.71 bits per heavy atom. The Hall–Kier alpha value is -2.54. The van der Waals surface area contributed by atoms with Gasteiger partial charge in [0, 0.05) is 22.3 Å². The maximum atomic E-state index is 14.3. The molecule has 2 N–H and O–H groups in total. The third-order valence-corrected chi connectivity index (χ3v) is 7.21. The van der Waals surface area contributed by atoms with E-state index in [0.29, 0.717) is 34.7 Å². The summed E-state index contributed by atoms with van der Waals surface area (Å²) >= 11 is 5.98. The minimum absolute atomic E-state index is 0.0450. The average molecular weight is 443 g/mol. The maximum Gasteiger partial charge on any atom is 0.271 e. The topological polar surface area (TPSA) is 84.0 Å². The number of rotatable bonds is 4. The van der Waals surface area contributed by atoms with Crippen molar-refractivity contribution in [3.63, 3.8) is 0 Å². The predicted molar refractivity (Wildman–Crippen MR) is 113 cm³/mol. The molecule has 4 aliphatic carbocycles. The van der Waals surface area contributed by atoms with Crippen LogP contribution in [0, 0.1) is 24.6 Å². The number of carbonyl (C=O) groups excluding carboxylic acids is 2. The molecule has 6 nitrogen and oxygen atoms in total. The van der Waals surface area contributed by atoms with Crippen molar-refractivity contribution in [2.24, 2.45) is 11.8 Å². The van der Waals surface area contributed by atoms with Crippen molar-refractivity contribution >= 4 is 23.4 Å². The summed E-state index contributed by atoms with van der Waals surface area (Å²) in [6.07, 6.45) is 8.29. The second-order valence-corrected chi connectivity index (χ2v) is 10.0. The zero-order valence-corrected chi connectivity index (χ0v) is 18.0. The minimum Gasteiger partial charge on any atom is -0.346 e. The number of hydrogen-bond donors (Lipinski definition) is 2. The quantitative estimate of drug-likeness (QED) is 0.753. The lowest BCUT2D eigenvalue weighted by Gasteiger charge is -2.62. The van der Waals surface area contributed by atoms with Crippen molar-refractivity contribution in [3.8, 4) is 0 Å². The molecule has 0 radical (unpaired) electrons. The number of amides is 2. The average Bonchev–Trinajstić information content (AvgIpc) is 2.68. The molecule has 0 aliphatic heterocycles. The first-order valence-electron chi connectivity index (χ1n) is 10.6. The van der Waals surface area contributed by atoms with Gasteiger partial charge in [-0.3, -0.25) is 14.6 Å². The van der Waals surface area contributed by atoms with Gasteiger partial charge in [0.1, 0.15) is 11.5 Å². The fourth-order valence-electron chi connectivity index (χ4n) is 6.41. The molecule has 4 saturated carbocycles. The van der Waals surface area contributed by atoms with Gasteiger partial charge in [0.2, 0.25) is 0 Å². The van der Waals surface area contributed by atoms with E-state index in [2.05, 4.69) is 20.6 Å². The number of halogens is 2. The first-order chi connectivity index (χ1) is 14.7. The summed E-state index contributed by atoms with van der Waals surface area (Å²) in [5.41, 5.74) is 0.0884. The third kappa shape index (κ3) is 3.80. The normalized spacial score (nSPS) is 30.8. The van der Waals surface area contributed by atoms with Crippen LogP contribution in [0.3, 0.4) is 0 Å². The SMILES string of the molecule is Cc1cncc(C(=O)NC23CC4CC(C2)CC(NC(=O)c2cc(Cl)ccc2F)(C4)C3)n1. The minimum atomic E-state index is -0.590. The number of nitrogens with zero attached hydrogens (tertiary/aromatic N) is 2. The Kier molecular flexibility index (Phi) is 4.77. The van der Waals surface area contributed by atoms with Crippen LogP contribution in [0.15, 0.2) is 30.6 Å². The van der Waals surface area contributed by atoms with Crippen LogP contribution in [0.2, 0.25) is 5.02 Å². The molecule has 2 unspecified atom stereocenters. The molecule has 0 saturated heterocycles. The van der Waals surface area contributed by atoms with Crippen LogP contribution in [0.4, 0.5) is 4.39 Å². The van der Waals surface area contributed by atoms with Gasteiger partial charge in [-0.25, -0.2) is 9.37 Å². The van der Waals surface area contributed by atoms with Crippen molar-refractivity contribution in [2.45, 2.75) is 56.5 Å². The Balaban J connectivity index is 1.39. The van der Waals surface area contributed by atoms with E-state index in [1.807, 2.05) is 0 Å². The highest BCUT2D eigenvalue weighted by Crippen LogP contribution is 2.57. The van der Waals surface area contributed by atoms with E-state index in [1.54, 1.807) is 13.1 Å². The smallest absolute Gasteiger partial charge is 0.271 e. The molecule has 2 amide bonds. The number of aryl methyl sites for hydroxylation is 1. The van der Waals surface area contributed by atoms with Crippen molar-refractivity contribution in [3.05, 3.63) is 58.4 Å². The molecular formula is C23H24ClFN4O2. The second kappa shape index (κ2) is 7.26. The summed E-state index contributed by atoms with van der Waals surface area (Å²) in [6, 6.07) is 4.00. The zero-order chi connectivity index (χ0) is 21.8. The van der Waals surface area contributed by atoms with Crippen LogP contribution < -0.4 is 10.6 Å². The molecule has 162 valence electrons. The zero-order valence-electron chi connectivity index (χ0n) is 17.3. The first-order valence-corrected chi connectivity index (χ1v) is 11.0. The largest absolute Gasteiger partial charge is 0.346 e.